The smallest absolute Gasteiger partial charge is 0.315 e. The number of aromatic amines is 1. The van der Waals surface area contributed by atoms with Crippen LogP contribution in [0.1, 0.15) is 45.5 Å². The Bertz CT molecular complexity index is 442. The number of carbonyl (C=O) groups is 2. The van der Waals surface area contributed by atoms with Crippen molar-refractivity contribution in [3.63, 3.8) is 0 Å². The van der Waals surface area contributed by atoms with Gasteiger partial charge in [0.25, 0.3) is 0 Å². The van der Waals surface area contributed by atoms with E-state index in [1.165, 1.54) is 6.33 Å². The molecule has 2 amide bonds. The standard InChI is InChI=1S/C12H21N5O3/c1-4-12(5-2,10(18)19)6-13-11(20)16-8(3)9-14-7-15-17-9/h7-8H,4-6H2,1-3H3,(H,18,19)(H2,13,16,20)(H,14,15,17). The summed E-state index contributed by atoms with van der Waals surface area (Å²) in [6, 6.07) is -0.763. The van der Waals surface area contributed by atoms with Crippen molar-refractivity contribution in [2.45, 2.75) is 39.7 Å². The van der Waals surface area contributed by atoms with Gasteiger partial charge in [-0.1, -0.05) is 13.8 Å². The number of hydrogen-bond donors (Lipinski definition) is 4. The number of carboxylic acids is 1. The zero-order chi connectivity index (χ0) is 15.2. The van der Waals surface area contributed by atoms with Gasteiger partial charge in [-0.3, -0.25) is 9.89 Å². The lowest BCUT2D eigenvalue weighted by molar-refractivity contribution is -0.149. The van der Waals surface area contributed by atoms with Gasteiger partial charge in [0.15, 0.2) is 0 Å². The summed E-state index contributed by atoms with van der Waals surface area (Å²) in [6.07, 6.45) is 2.27. The number of nitrogens with zero attached hydrogens (tertiary/aromatic N) is 2. The predicted octanol–water partition coefficient (Wildman–Crippen LogP) is 1.06. The van der Waals surface area contributed by atoms with E-state index in [4.69, 9.17) is 0 Å². The lowest BCUT2D eigenvalue weighted by Gasteiger charge is -2.27. The molecule has 0 saturated heterocycles. The van der Waals surface area contributed by atoms with Crippen LogP contribution in [0.25, 0.3) is 0 Å². The van der Waals surface area contributed by atoms with E-state index < -0.39 is 17.4 Å². The van der Waals surface area contributed by atoms with Gasteiger partial charge in [-0.05, 0) is 19.8 Å². The van der Waals surface area contributed by atoms with Crippen molar-refractivity contribution in [1.29, 1.82) is 0 Å². The summed E-state index contributed by atoms with van der Waals surface area (Å²) in [4.78, 5) is 27.0. The monoisotopic (exact) mass is 283 g/mol. The molecule has 4 N–H and O–H groups in total. The highest BCUT2D eigenvalue weighted by molar-refractivity contribution is 5.78. The second-order valence-electron chi connectivity index (χ2n) is 4.71. The third-order valence-electron chi connectivity index (χ3n) is 3.59. The van der Waals surface area contributed by atoms with E-state index >= 15 is 0 Å². The Morgan fingerprint density at radius 3 is 2.55 bits per heavy atom. The van der Waals surface area contributed by atoms with Crippen molar-refractivity contribution in [2.75, 3.05) is 6.54 Å². The van der Waals surface area contributed by atoms with Gasteiger partial charge in [0.05, 0.1) is 11.5 Å². The maximum Gasteiger partial charge on any atom is 0.315 e. The predicted molar refractivity (Wildman–Crippen MR) is 72.0 cm³/mol. The van der Waals surface area contributed by atoms with E-state index in [1.54, 1.807) is 20.8 Å². The molecule has 20 heavy (non-hydrogen) atoms. The molecule has 1 heterocycles. The van der Waals surface area contributed by atoms with E-state index in [1.807, 2.05) is 0 Å². The fraction of sp³-hybridized carbons (Fsp3) is 0.667. The number of hydrogen-bond acceptors (Lipinski definition) is 4. The van der Waals surface area contributed by atoms with Crippen LogP contribution in [0.15, 0.2) is 6.33 Å². The topological polar surface area (TPSA) is 120 Å². The van der Waals surface area contributed by atoms with E-state index in [2.05, 4.69) is 25.8 Å². The second-order valence-corrected chi connectivity index (χ2v) is 4.71. The molecule has 0 saturated carbocycles. The molecule has 0 bridgehead atoms. The van der Waals surface area contributed by atoms with E-state index in [9.17, 15) is 14.7 Å². The molecule has 1 atom stereocenters. The Labute approximate surface area is 117 Å². The minimum Gasteiger partial charge on any atom is -0.481 e. The van der Waals surface area contributed by atoms with Gasteiger partial charge in [0.1, 0.15) is 12.2 Å². The van der Waals surface area contributed by atoms with Crippen molar-refractivity contribution < 1.29 is 14.7 Å². The number of nitrogens with one attached hydrogen (secondary N) is 3. The van der Waals surface area contributed by atoms with Crippen molar-refractivity contribution in [3.05, 3.63) is 12.2 Å². The highest BCUT2D eigenvalue weighted by Gasteiger charge is 2.35. The van der Waals surface area contributed by atoms with Crippen molar-refractivity contribution in [2.24, 2.45) is 5.41 Å². The van der Waals surface area contributed by atoms with E-state index in [0.29, 0.717) is 18.7 Å². The average Bonchev–Trinajstić information content (AvgIpc) is 2.94. The van der Waals surface area contributed by atoms with Crippen LogP contribution in [0.4, 0.5) is 4.79 Å². The molecule has 0 radical (unpaired) electrons. The largest absolute Gasteiger partial charge is 0.481 e. The normalized spacial score (nSPS) is 12.8. The van der Waals surface area contributed by atoms with E-state index in [0.717, 1.165) is 0 Å². The fourth-order valence-electron chi connectivity index (χ4n) is 1.87. The van der Waals surface area contributed by atoms with Gasteiger partial charge in [-0.15, -0.1) is 0 Å². The maximum absolute atomic E-state index is 11.8. The van der Waals surface area contributed by atoms with Crippen molar-refractivity contribution >= 4 is 12.0 Å². The summed E-state index contributed by atoms with van der Waals surface area (Å²) in [6.45, 7) is 5.44. The molecule has 0 fully saturated rings. The molecule has 0 aliphatic heterocycles. The highest BCUT2D eigenvalue weighted by Crippen LogP contribution is 2.25. The molecule has 1 aromatic heterocycles. The van der Waals surface area contributed by atoms with Gasteiger partial charge < -0.3 is 15.7 Å². The SMILES string of the molecule is CCC(CC)(CNC(=O)NC(C)c1ncn[nH]1)C(=O)O. The van der Waals surface area contributed by atoms with Crippen molar-refractivity contribution in [3.8, 4) is 0 Å². The first-order valence-corrected chi connectivity index (χ1v) is 6.58. The second kappa shape index (κ2) is 6.88. The minimum atomic E-state index is -0.924. The highest BCUT2D eigenvalue weighted by atomic mass is 16.4. The third kappa shape index (κ3) is 3.69. The number of urea groups is 1. The summed E-state index contributed by atoms with van der Waals surface area (Å²) >= 11 is 0. The first-order valence-electron chi connectivity index (χ1n) is 6.58. The molecule has 0 aliphatic carbocycles. The molecule has 8 nitrogen and oxygen atoms in total. The van der Waals surface area contributed by atoms with E-state index in [-0.39, 0.29) is 12.6 Å². The number of aliphatic carboxylic acids is 1. The van der Waals surface area contributed by atoms with Gasteiger partial charge in [-0.2, -0.15) is 5.10 Å². The van der Waals surface area contributed by atoms with Gasteiger partial charge in [-0.25, -0.2) is 9.78 Å². The first-order chi connectivity index (χ1) is 9.45. The molecule has 1 aromatic rings. The molecular weight excluding hydrogens is 262 g/mol. The van der Waals surface area contributed by atoms with Crippen LogP contribution < -0.4 is 10.6 Å². The Morgan fingerprint density at radius 2 is 2.10 bits per heavy atom. The van der Waals surface area contributed by atoms with Crippen LogP contribution in [0.2, 0.25) is 0 Å². The molecule has 0 aliphatic rings. The van der Waals surface area contributed by atoms with Crippen LogP contribution in [0.5, 0.6) is 0 Å². The average molecular weight is 283 g/mol. The quantitative estimate of drug-likeness (QED) is 0.596. The van der Waals surface area contributed by atoms with Gasteiger partial charge >= 0.3 is 12.0 Å². The summed E-state index contributed by atoms with van der Waals surface area (Å²) in [5, 5.41) is 20.9. The number of amides is 2. The van der Waals surface area contributed by atoms with Crippen LogP contribution >= 0.6 is 0 Å². The zero-order valence-corrected chi connectivity index (χ0v) is 11.9. The number of H-pyrrole nitrogens is 1. The first kappa shape index (κ1) is 15.9. The minimum absolute atomic E-state index is 0.0876. The Kier molecular flexibility index (Phi) is 5.48. The Balaban J connectivity index is 2.52. The zero-order valence-electron chi connectivity index (χ0n) is 11.9. The third-order valence-corrected chi connectivity index (χ3v) is 3.59. The molecule has 0 spiro atoms. The van der Waals surface area contributed by atoms with Gasteiger partial charge in [0.2, 0.25) is 0 Å². The van der Waals surface area contributed by atoms with Crippen LogP contribution in [0.3, 0.4) is 0 Å². The molecular formula is C12H21N5O3. The number of carboxylic acid groups (broad SMARTS) is 1. The number of rotatable bonds is 7. The molecule has 1 rings (SSSR count). The summed E-state index contributed by atoms with van der Waals surface area (Å²) in [7, 11) is 0. The lowest BCUT2D eigenvalue weighted by Crippen LogP contribution is -2.46. The maximum atomic E-state index is 11.8. The lowest BCUT2D eigenvalue weighted by atomic mass is 9.82. The summed E-state index contributed by atoms with van der Waals surface area (Å²) in [5.74, 6) is -0.360. The Morgan fingerprint density at radius 1 is 1.45 bits per heavy atom. The Hall–Kier alpha value is -2.12. The number of carbonyl (C=O) groups excluding carboxylic acids is 1. The summed E-state index contributed by atoms with van der Waals surface area (Å²) in [5.41, 5.74) is -0.924. The van der Waals surface area contributed by atoms with Crippen molar-refractivity contribution in [1.82, 2.24) is 25.8 Å². The number of aromatic nitrogens is 3. The molecule has 0 aromatic carbocycles. The van der Waals surface area contributed by atoms with Crippen LogP contribution in [-0.2, 0) is 4.79 Å². The molecule has 112 valence electrons. The summed E-state index contributed by atoms with van der Waals surface area (Å²) < 4.78 is 0. The molecule has 1 unspecified atom stereocenters. The fourth-order valence-corrected chi connectivity index (χ4v) is 1.87. The van der Waals surface area contributed by atoms with Crippen LogP contribution in [0, 0.1) is 5.41 Å². The van der Waals surface area contributed by atoms with Gasteiger partial charge in [0, 0.05) is 6.54 Å². The van der Waals surface area contributed by atoms with Crippen LogP contribution in [-0.4, -0.2) is 38.8 Å². The molecule has 8 heteroatoms.